The van der Waals surface area contributed by atoms with Crippen LogP contribution in [0.2, 0.25) is 0 Å². The van der Waals surface area contributed by atoms with Crippen molar-refractivity contribution in [1.82, 2.24) is 0 Å². The Morgan fingerprint density at radius 1 is 0.809 bits per heavy atom. The van der Waals surface area contributed by atoms with Crippen molar-refractivity contribution in [3.8, 4) is 11.1 Å². The standard InChI is InChI=1S/C44H41N3/c1-30-14-7-8-19-37(30)42-31(2)43(47-41-23-12-9-20-38(41)42)36-18-13-15-32(28-36)29-46-40-22-11-10-21-39(40)44(45-3)35-26-24-34(25-27-35)33-16-5-4-6-17-33/h4-9,11-12,14-17,19-20,22-28,31,42H,3,10,13,18,21,29H2,1-2H3/b44-39-,46-40-. The molecule has 232 valence electrons. The van der Waals surface area contributed by atoms with Crippen molar-refractivity contribution in [3.05, 3.63) is 166 Å². The van der Waals surface area contributed by atoms with Crippen molar-refractivity contribution < 1.29 is 0 Å². The van der Waals surface area contributed by atoms with Crippen LogP contribution >= 0.6 is 0 Å². The fourth-order valence-corrected chi connectivity index (χ4v) is 7.36. The molecule has 2 atom stereocenters. The molecule has 0 N–H and O–H groups in total. The average Bonchev–Trinajstić information content (AvgIpc) is 3.12. The van der Waals surface area contributed by atoms with Crippen LogP contribution in [-0.4, -0.2) is 24.7 Å². The predicted octanol–water partition coefficient (Wildman–Crippen LogP) is 11.1. The van der Waals surface area contributed by atoms with E-state index < -0.39 is 0 Å². The fraction of sp³-hybridized carbons (Fsp3) is 0.205. The third kappa shape index (κ3) is 6.31. The van der Waals surface area contributed by atoms with Crippen LogP contribution in [0.5, 0.6) is 0 Å². The van der Waals surface area contributed by atoms with Crippen LogP contribution < -0.4 is 0 Å². The number of rotatable bonds is 7. The Balaban J connectivity index is 1.17. The molecule has 0 amide bonds. The molecule has 3 heteroatoms. The van der Waals surface area contributed by atoms with Gasteiger partial charge in [0, 0.05) is 28.7 Å². The summed E-state index contributed by atoms with van der Waals surface area (Å²) in [6.45, 7) is 9.18. The lowest BCUT2D eigenvalue weighted by molar-refractivity contribution is 0.642. The normalized spacial score (nSPS) is 21.0. The topological polar surface area (TPSA) is 37.1 Å². The van der Waals surface area contributed by atoms with Gasteiger partial charge >= 0.3 is 0 Å². The highest BCUT2D eigenvalue weighted by atomic mass is 14.8. The van der Waals surface area contributed by atoms with E-state index in [4.69, 9.17) is 9.98 Å². The number of hydrogen-bond donors (Lipinski definition) is 0. The zero-order valence-corrected chi connectivity index (χ0v) is 27.4. The predicted molar refractivity (Wildman–Crippen MR) is 200 cm³/mol. The molecule has 2 unspecified atom stereocenters. The fourth-order valence-electron chi connectivity index (χ4n) is 7.36. The Kier molecular flexibility index (Phi) is 8.88. The van der Waals surface area contributed by atoms with Gasteiger partial charge in [0.2, 0.25) is 0 Å². The summed E-state index contributed by atoms with van der Waals surface area (Å²) >= 11 is 0. The summed E-state index contributed by atoms with van der Waals surface area (Å²) in [6.07, 6.45) is 13.0. The molecule has 0 bridgehead atoms. The van der Waals surface area contributed by atoms with Gasteiger partial charge in [-0.2, -0.15) is 0 Å². The minimum absolute atomic E-state index is 0.272. The van der Waals surface area contributed by atoms with E-state index in [9.17, 15) is 0 Å². The Morgan fingerprint density at radius 3 is 2.32 bits per heavy atom. The second kappa shape index (κ2) is 13.7. The van der Waals surface area contributed by atoms with E-state index >= 15 is 0 Å². The molecule has 4 aromatic carbocycles. The molecule has 0 radical (unpaired) electrons. The Labute approximate surface area is 279 Å². The summed E-state index contributed by atoms with van der Waals surface area (Å²) in [7, 11) is 0. The first-order valence-corrected chi connectivity index (χ1v) is 16.8. The van der Waals surface area contributed by atoms with Crippen molar-refractivity contribution in [2.45, 2.75) is 45.4 Å². The summed E-state index contributed by atoms with van der Waals surface area (Å²) in [5, 5.41) is 0. The van der Waals surface area contributed by atoms with Crippen LogP contribution in [0.4, 0.5) is 5.69 Å². The van der Waals surface area contributed by atoms with E-state index in [2.05, 4.69) is 147 Å². The smallest absolute Gasteiger partial charge is 0.0748 e. The maximum atomic E-state index is 5.29. The monoisotopic (exact) mass is 611 g/mol. The van der Waals surface area contributed by atoms with Gasteiger partial charge < -0.3 is 0 Å². The molecule has 7 rings (SSSR count). The van der Waals surface area contributed by atoms with Crippen LogP contribution in [-0.2, 0) is 0 Å². The first-order valence-electron chi connectivity index (χ1n) is 16.8. The number of para-hydroxylation sites is 1. The maximum Gasteiger partial charge on any atom is 0.0748 e. The van der Waals surface area contributed by atoms with Crippen LogP contribution in [0.15, 0.2) is 159 Å². The van der Waals surface area contributed by atoms with E-state index in [-0.39, 0.29) is 11.8 Å². The lowest BCUT2D eigenvalue weighted by Gasteiger charge is -2.34. The highest BCUT2D eigenvalue weighted by Crippen LogP contribution is 2.45. The molecule has 0 saturated heterocycles. The van der Waals surface area contributed by atoms with E-state index in [1.54, 1.807) is 0 Å². The lowest BCUT2D eigenvalue weighted by Crippen LogP contribution is -2.26. The summed E-state index contributed by atoms with van der Waals surface area (Å²) in [4.78, 5) is 15.0. The van der Waals surface area contributed by atoms with Crippen LogP contribution in [0.3, 0.4) is 0 Å². The first kappa shape index (κ1) is 30.5. The second-order valence-electron chi connectivity index (χ2n) is 12.7. The number of aliphatic imine (C=N–C) groups is 3. The largest absolute Gasteiger partial charge is 0.280 e. The van der Waals surface area contributed by atoms with Gasteiger partial charge in [0.05, 0.1) is 23.6 Å². The maximum absolute atomic E-state index is 5.29. The molecular formula is C44H41N3. The molecule has 0 saturated carbocycles. The van der Waals surface area contributed by atoms with E-state index in [0.717, 1.165) is 48.3 Å². The van der Waals surface area contributed by atoms with Crippen LogP contribution in [0.25, 0.3) is 16.8 Å². The summed E-state index contributed by atoms with van der Waals surface area (Å²) < 4.78 is 0. The van der Waals surface area contributed by atoms with Crippen molar-refractivity contribution in [1.29, 1.82) is 0 Å². The van der Waals surface area contributed by atoms with Crippen LogP contribution in [0, 0.1) is 12.8 Å². The zero-order chi connectivity index (χ0) is 32.2. The van der Waals surface area contributed by atoms with Gasteiger partial charge in [-0.3, -0.25) is 15.0 Å². The van der Waals surface area contributed by atoms with Gasteiger partial charge in [-0.25, -0.2) is 0 Å². The van der Waals surface area contributed by atoms with Gasteiger partial charge in [-0.1, -0.05) is 122 Å². The third-order valence-corrected chi connectivity index (χ3v) is 9.76. The lowest BCUT2D eigenvalue weighted by atomic mass is 9.73. The number of fused-ring (bicyclic) bond motifs is 1. The zero-order valence-electron chi connectivity index (χ0n) is 27.4. The molecule has 3 nitrogen and oxygen atoms in total. The number of allylic oxidation sites excluding steroid dienone is 5. The number of hydrogen-bond acceptors (Lipinski definition) is 3. The molecule has 4 aromatic rings. The first-order chi connectivity index (χ1) is 23.1. The molecule has 2 aliphatic carbocycles. The van der Waals surface area contributed by atoms with E-state index in [1.165, 1.54) is 50.2 Å². The summed E-state index contributed by atoms with van der Waals surface area (Å²) in [5.74, 6) is 0.551. The molecule has 0 fully saturated rings. The molecule has 0 aromatic heterocycles. The minimum atomic E-state index is 0.272. The number of aryl methyl sites for hydroxylation is 1. The van der Waals surface area contributed by atoms with Crippen molar-refractivity contribution in [2.75, 3.05) is 6.54 Å². The molecule has 0 spiro atoms. The summed E-state index contributed by atoms with van der Waals surface area (Å²) in [5.41, 5.74) is 15.5. The van der Waals surface area contributed by atoms with E-state index in [0.29, 0.717) is 6.54 Å². The van der Waals surface area contributed by atoms with E-state index in [1.807, 2.05) is 6.07 Å². The van der Waals surface area contributed by atoms with Gasteiger partial charge in [0.1, 0.15) is 0 Å². The molecular weight excluding hydrogens is 571 g/mol. The Bertz CT molecular complexity index is 1980. The highest BCUT2D eigenvalue weighted by molar-refractivity contribution is 6.14. The van der Waals surface area contributed by atoms with Gasteiger partial charge in [-0.05, 0) is 90.4 Å². The summed E-state index contributed by atoms with van der Waals surface area (Å²) in [6, 6.07) is 36.6. The second-order valence-corrected chi connectivity index (χ2v) is 12.7. The van der Waals surface area contributed by atoms with Gasteiger partial charge in [0.15, 0.2) is 0 Å². The van der Waals surface area contributed by atoms with Gasteiger partial charge in [-0.15, -0.1) is 0 Å². The van der Waals surface area contributed by atoms with Crippen LogP contribution in [0.1, 0.15) is 60.8 Å². The molecule has 1 aliphatic heterocycles. The minimum Gasteiger partial charge on any atom is -0.280 e. The quantitative estimate of drug-likeness (QED) is 0.186. The van der Waals surface area contributed by atoms with Crippen molar-refractivity contribution in [3.63, 3.8) is 0 Å². The van der Waals surface area contributed by atoms with Crippen molar-refractivity contribution >= 4 is 29.5 Å². The number of benzene rings is 4. The molecule has 47 heavy (non-hydrogen) atoms. The number of nitrogens with zero attached hydrogens (tertiary/aromatic N) is 3. The van der Waals surface area contributed by atoms with Gasteiger partial charge in [0.25, 0.3) is 0 Å². The molecule has 3 aliphatic rings. The average molecular weight is 612 g/mol. The molecule has 1 heterocycles. The third-order valence-electron chi connectivity index (χ3n) is 9.76. The Hall–Kier alpha value is -5.15. The Morgan fingerprint density at radius 2 is 1.53 bits per heavy atom. The SMILES string of the molecule is C=N/C(=C1/CCC=C/C1=N/CC1=CCCC(C2=Nc3ccccc3C(c3ccccc3C)C2C)=C1)c1ccc(-c2ccccc2)cc1. The highest BCUT2D eigenvalue weighted by Gasteiger charge is 2.33. The van der Waals surface area contributed by atoms with Crippen molar-refractivity contribution in [2.24, 2.45) is 20.9 Å².